The van der Waals surface area contributed by atoms with Gasteiger partial charge in [0, 0.05) is 31.0 Å². The minimum Gasteiger partial charge on any atom is -0.378 e. The molecule has 7 heteroatoms. The van der Waals surface area contributed by atoms with Crippen LogP contribution in [0.4, 0.5) is 11.4 Å². The van der Waals surface area contributed by atoms with Gasteiger partial charge in [0.1, 0.15) is 6.54 Å². The fraction of sp³-hybridized carbons (Fsp3) is 0.318. The third-order valence-electron chi connectivity index (χ3n) is 5.81. The molecule has 0 atom stereocenters. The number of fused-ring (bicyclic) bond motifs is 2. The highest BCUT2D eigenvalue weighted by molar-refractivity contribution is 6.22. The zero-order valence-electron chi connectivity index (χ0n) is 16.0. The van der Waals surface area contributed by atoms with Crippen LogP contribution in [0.25, 0.3) is 0 Å². The van der Waals surface area contributed by atoms with Crippen LogP contribution in [-0.4, -0.2) is 62.0 Å². The number of morpholine rings is 1. The highest BCUT2D eigenvalue weighted by Crippen LogP contribution is 2.32. The molecule has 2 aromatic rings. The Morgan fingerprint density at radius 1 is 0.931 bits per heavy atom. The van der Waals surface area contributed by atoms with Gasteiger partial charge >= 0.3 is 0 Å². The van der Waals surface area contributed by atoms with E-state index in [9.17, 15) is 14.4 Å². The van der Waals surface area contributed by atoms with Gasteiger partial charge in [0.25, 0.3) is 11.8 Å². The Balaban J connectivity index is 1.33. The number of ether oxygens (including phenoxy) is 1. The number of carbonyl (C=O) groups excluding carboxylic acids is 3. The minimum absolute atomic E-state index is 0.239. The maximum absolute atomic E-state index is 12.9. The molecule has 0 radical (unpaired) electrons. The lowest BCUT2D eigenvalue weighted by Crippen LogP contribution is -2.42. The van der Waals surface area contributed by atoms with E-state index in [1.54, 1.807) is 29.2 Å². The maximum Gasteiger partial charge on any atom is 0.262 e. The van der Waals surface area contributed by atoms with E-state index in [2.05, 4.69) is 11.0 Å². The Labute approximate surface area is 168 Å². The largest absolute Gasteiger partial charge is 0.378 e. The lowest BCUT2D eigenvalue weighted by atomic mass is 10.1. The molecular weight excluding hydrogens is 370 g/mol. The average Bonchev–Trinajstić information content (AvgIpc) is 3.29. The van der Waals surface area contributed by atoms with Crippen LogP contribution in [0.15, 0.2) is 42.5 Å². The second-order valence-corrected chi connectivity index (χ2v) is 7.45. The molecule has 0 saturated carbocycles. The summed E-state index contributed by atoms with van der Waals surface area (Å²) in [6.45, 7) is 3.49. The first-order chi connectivity index (χ1) is 14.1. The van der Waals surface area contributed by atoms with E-state index in [1.165, 1.54) is 0 Å². The van der Waals surface area contributed by atoms with E-state index in [0.717, 1.165) is 54.6 Å². The van der Waals surface area contributed by atoms with Crippen molar-refractivity contribution in [3.8, 4) is 0 Å². The van der Waals surface area contributed by atoms with Crippen molar-refractivity contribution in [2.24, 2.45) is 0 Å². The number of hydrogen-bond donors (Lipinski definition) is 0. The van der Waals surface area contributed by atoms with Gasteiger partial charge in [0.15, 0.2) is 0 Å². The lowest BCUT2D eigenvalue weighted by Gasteiger charge is -2.29. The first-order valence-corrected chi connectivity index (χ1v) is 9.85. The number of rotatable bonds is 3. The van der Waals surface area contributed by atoms with Crippen LogP contribution in [-0.2, 0) is 16.0 Å². The molecule has 1 saturated heterocycles. The monoisotopic (exact) mass is 391 g/mol. The van der Waals surface area contributed by atoms with Gasteiger partial charge in [-0.2, -0.15) is 0 Å². The zero-order valence-corrected chi connectivity index (χ0v) is 16.0. The highest BCUT2D eigenvalue weighted by atomic mass is 16.5. The standard InChI is InChI=1S/C22H21N3O4/c26-20(14-25-21(27)17-3-1-2-4-18(17)22(25)28)24-8-7-15-13-16(5-6-19(15)24)23-9-11-29-12-10-23/h1-6,13H,7-12,14H2. The summed E-state index contributed by atoms with van der Waals surface area (Å²) < 4.78 is 5.41. The summed E-state index contributed by atoms with van der Waals surface area (Å²) >= 11 is 0. The molecule has 0 bridgehead atoms. The van der Waals surface area contributed by atoms with E-state index in [1.807, 2.05) is 12.1 Å². The fourth-order valence-electron chi connectivity index (χ4n) is 4.27. The Morgan fingerprint density at radius 2 is 1.62 bits per heavy atom. The van der Waals surface area contributed by atoms with Gasteiger partial charge in [0.05, 0.1) is 24.3 Å². The number of hydrogen-bond acceptors (Lipinski definition) is 5. The van der Waals surface area contributed by atoms with Gasteiger partial charge in [-0.15, -0.1) is 0 Å². The first-order valence-electron chi connectivity index (χ1n) is 9.85. The zero-order chi connectivity index (χ0) is 20.0. The number of carbonyl (C=O) groups is 3. The summed E-state index contributed by atoms with van der Waals surface area (Å²) in [4.78, 5) is 43.0. The van der Waals surface area contributed by atoms with Gasteiger partial charge in [-0.3, -0.25) is 19.3 Å². The first kappa shape index (κ1) is 17.9. The van der Waals surface area contributed by atoms with Crippen molar-refractivity contribution < 1.29 is 19.1 Å². The quantitative estimate of drug-likeness (QED) is 0.745. The molecule has 148 valence electrons. The van der Waals surface area contributed by atoms with Crippen LogP contribution in [0.2, 0.25) is 0 Å². The molecule has 2 aromatic carbocycles. The second kappa shape index (κ2) is 7.00. The third-order valence-corrected chi connectivity index (χ3v) is 5.81. The molecule has 1 fully saturated rings. The van der Waals surface area contributed by atoms with Crippen molar-refractivity contribution in [2.75, 3.05) is 49.2 Å². The predicted octanol–water partition coefficient (Wildman–Crippen LogP) is 1.71. The summed E-state index contributed by atoms with van der Waals surface area (Å²) in [7, 11) is 0. The summed E-state index contributed by atoms with van der Waals surface area (Å²) in [5, 5.41) is 0. The van der Waals surface area contributed by atoms with Gasteiger partial charge in [-0.25, -0.2) is 0 Å². The Bertz CT molecular complexity index is 978. The highest BCUT2D eigenvalue weighted by Gasteiger charge is 2.38. The normalized spacial score (nSPS) is 18.3. The molecule has 3 aliphatic heterocycles. The third kappa shape index (κ3) is 2.98. The van der Waals surface area contributed by atoms with Crippen molar-refractivity contribution in [1.29, 1.82) is 0 Å². The van der Waals surface area contributed by atoms with E-state index in [0.29, 0.717) is 17.7 Å². The SMILES string of the molecule is O=C1c2ccccc2C(=O)N1CC(=O)N1CCc2cc(N3CCOCC3)ccc21. The molecule has 29 heavy (non-hydrogen) atoms. The number of anilines is 2. The molecule has 3 aliphatic rings. The lowest BCUT2D eigenvalue weighted by molar-refractivity contribution is -0.118. The van der Waals surface area contributed by atoms with Crippen LogP contribution in [0, 0.1) is 0 Å². The van der Waals surface area contributed by atoms with Gasteiger partial charge < -0.3 is 14.5 Å². The van der Waals surface area contributed by atoms with Crippen molar-refractivity contribution in [3.05, 3.63) is 59.2 Å². The number of amides is 3. The van der Waals surface area contributed by atoms with E-state index in [-0.39, 0.29) is 12.5 Å². The van der Waals surface area contributed by atoms with Gasteiger partial charge in [0.2, 0.25) is 5.91 Å². The van der Waals surface area contributed by atoms with Crippen molar-refractivity contribution >= 4 is 29.1 Å². The molecule has 7 nitrogen and oxygen atoms in total. The van der Waals surface area contributed by atoms with Crippen LogP contribution in [0.1, 0.15) is 26.3 Å². The summed E-state index contributed by atoms with van der Waals surface area (Å²) in [6.07, 6.45) is 0.765. The van der Waals surface area contributed by atoms with E-state index in [4.69, 9.17) is 4.74 Å². The Hall–Kier alpha value is -3.19. The summed E-state index contributed by atoms with van der Waals surface area (Å²) in [5.41, 5.74) is 3.85. The Morgan fingerprint density at radius 3 is 2.31 bits per heavy atom. The molecule has 0 aromatic heterocycles. The van der Waals surface area contributed by atoms with E-state index < -0.39 is 11.8 Å². The summed E-state index contributed by atoms with van der Waals surface area (Å²) in [6, 6.07) is 12.8. The van der Waals surface area contributed by atoms with Crippen LogP contribution in [0.3, 0.4) is 0 Å². The molecule has 5 rings (SSSR count). The number of benzene rings is 2. The van der Waals surface area contributed by atoms with Crippen molar-refractivity contribution in [2.45, 2.75) is 6.42 Å². The molecule has 0 spiro atoms. The van der Waals surface area contributed by atoms with Crippen molar-refractivity contribution in [1.82, 2.24) is 4.90 Å². The van der Waals surface area contributed by atoms with Crippen molar-refractivity contribution in [3.63, 3.8) is 0 Å². The second-order valence-electron chi connectivity index (χ2n) is 7.45. The van der Waals surface area contributed by atoms with Gasteiger partial charge in [-0.1, -0.05) is 12.1 Å². The number of nitrogens with zero attached hydrogens (tertiary/aromatic N) is 3. The maximum atomic E-state index is 12.9. The molecule has 3 heterocycles. The van der Waals surface area contributed by atoms with Crippen LogP contribution in [0.5, 0.6) is 0 Å². The molecule has 0 aliphatic carbocycles. The van der Waals surface area contributed by atoms with Gasteiger partial charge in [-0.05, 0) is 42.3 Å². The average molecular weight is 391 g/mol. The predicted molar refractivity (Wildman–Crippen MR) is 107 cm³/mol. The molecule has 0 unspecified atom stereocenters. The smallest absolute Gasteiger partial charge is 0.262 e. The minimum atomic E-state index is -0.402. The summed E-state index contributed by atoms with van der Waals surface area (Å²) in [5.74, 6) is -1.04. The van der Waals surface area contributed by atoms with Crippen LogP contribution < -0.4 is 9.80 Å². The fourth-order valence-corrected chi connectivity index (χ4v) is 4.27. The van der Waals surface area contributed by atoms with E-state index >= 15 is 0 Å². The van der Waals surface area contributed by atoms with Crippen LogP contribution >= 0.6 is 0 Å². The molecule has 0 N–H and O–H groups in total. The Kier molecular flexibility index (Phi) is 4.32. The molecular formula is C22H21N3O4. The number of imide groups is 1. The molecule has 3 amide bonds. The topological polar surface area (TPSA) is 70.2 Å².